The highest BCUT2D eigenvalue weighted by molar-refractivity contribution is 5.97. The maximum atomic E-state index is 12.0. The first-order valence-electron chi connectivity index (χ1n) is 6.85. The number of hydrogen-bond acceptors (Lipinski definition) is 2. The van der Waals surface area contributed by atoms with Gasteiger partial charge >= 0.3 is 5.97 Å². The van der Waals surface area contributed by atoms with Gasteiger partial charge in [0.05, 0.1) is 6.42 Å². The lowest BCUT2D eigenvalue weighted by atomic mass is 9.97. The third-order valence-electron chi connectivity index (χ3n) is 3.81. The molecule has 0 saturated carbocycles. The number of rotatable bonds is 5. The van der Waals surface area contributed by atoms with E-state index in [1.54, 1.807) is 0 Å². The van der Waals surface area contributed by atoms with Gasteiger partial charge in [-0.15, -0.1) is 0 Å². The number of aromatic nitrogens is 1. The molecule has 4 heteroatoms. The summed E-state index contributed by atoms with van der Waals surface area (Å²) in [5, 5.41) is 9.12. The largest absolute Gasteiger partial charge is 0.481 e. The topological polar surface area (TPSA) is 59.3 Å². The van der Waals surface area contributed by atoms with E-state index in [1.807, 2.05) is 48.9 Å². The second kappa shape index (κ2) is 5.95. The lowest BCUT2D eigenvalue weighted by molar-refractivity contribution is -0.136. The van der Waals surface area contributed by atoms with Gasteiger partial charge in [-0.05, 0) is 31.4 Å². The third kappa shape index (κ3) is 3.05. The molecular formula is C17H19NO3. The van der Waals surface area contributed by atoms with Crippen molar-refractivity contribution in [2.24, 2.45) is 7.05 Å². The number of carboxylic acid groups (broad SMARTS) is 1. The Kier molecular flexibility index (Phi) is 4.26. The zero-order valence-electron chi connectivity index (χ0n) is 12.5. The van der Waals surface area contributed by atoms with Crippen LogP contribution in [0.1, 0.15) is 39.8 Å². The predicted octanol–water partition coefficient (Wildman–Crippen LogP) is 2.75. The smallest absolute Gasteiger partial charge is 0.309 e. The quantitative estimate of drug-likeness (QED) is 0.859. The van der Waals surface area contributed by atoms with Gasteiger partial charge in [0.25, 0.3) is 0 Å². The first kappa shape index (κ1) is 15.0. The van der Waals surface area contributed by atoms with Gasteiger partial charge in [0.2, 0.25) is 0 Å². The molecular weight excluding hydrogens is 266 g/mol. The Morgan fingerprint density at radius 3 is 2.33 bits per heavy atom. The molecule has 21 heavy (non-hydrogen) atoms. The fourth-order valence-electron chi connectivity index (χ4n) is 2.76. The van der Waals surface area contributed by atoms with E-state index < -0.39 is 5.97 Å². The number of carbonyl (C=O) groups excluding carboxylic acids is 1. The SMILES string of the molecule is CC(=O)c1c(Cc2ccccc2)c(CC(=O)O)n(C)c1C. The van der Waals surface area contributed by atoms with Crippen LogP contribution in [0.3, 0.4) is 0 Å². The molecule has 1 N–H and O–H groups in total. The highest BCUT2D eigenvalue weighted by Crippen LogP contribution is 2.26. The minimum atomic E-state index is -0.889. The van der Waals surface area contributed by atoms with Crippen molar-refractivity contribution >= 4 is 11.8 Å². The maximum absolute atomic E-state index is 12.0. The van der Waals surface area contributed by atoms with E-state index in [2.05, 4.69) is 0 Å². The van der Waals surface area contributed by atoms with Gasteiger partial charge in [-0.3, -0.25) is 9.59 Å². The summed E-state index contributed by atoms with van der Waals surface area (Å²) >= 11 is 0. The average Bonchev–Trinajstić information content (AvgIpc) is 2.64. The van der Waals surface area contributed by atoms with Gasteiger partial charge < -0.3 is 9.67 Å². The molecule has 0 bridgehead atoms. The number of ketones is 1. The van der Waals surface area contributed by atoms with Crippen LogP contribution in [0.15, 0.2) is 30.3 Å². The lowest BCUT2D eigenvalue weighted by Crippen LogP contribution is -2.08. The Morgan fingerprint density at radius 2 is 1.81 bits per heavy atom. The van der Waals surface area contributed by atoms with Crippen molar-refractivity contribution in [3.8, 4) is 0 Å². The van der Waals surface area contributed by atoms with Crippen LogP contribution in [0, 0.1) is 6.92 Å². The van der Waals surface area contributed by atoms with Crippen LogP contribution in [-0.4, -0.2) is 21.4 Å². The van der Waals surface area contributed by atoms with Crippen molar-refractivity contribution in [2.45, 2.75) is 26.7 Å². The highest BCUT2D eigenvalue weighted by atomic mass is 16.4. The Morgan fingerprint density at radius 1 is 1.19 bits per heavy atom. The molecule has 4 nitrogen and oxygen atoms in total. The molecule has 1 aromatic heterocycles. The van der Waals surface area contributed by atoms with Crippen molar-refractivity contribution in [3.05, 3.63) is 58.4 Å². The van der Waals surface area contributed by atoms with E-state index in [1.165, 1.54) is 6.92 Å². The zero-order valence-corrected chi connectivity index (χ0v) is 12.5. The summed E-state index contributed by atoms with van der Waals surface area (Å²) in [5.74, 6) is -0.911. The van der Waals surface area contributed by atoms with Crippen LogP contribution < -0.4 is 0 Å². The van der Waals surface area contributed by atoms with Crippen LogP contribution in [0.4, 0.5) is 0 Å². The monoisotopic (exact) mass is 285 g/mol. The van der Waals surface area contributed by atoms with Crippen molar-refractivity contribution in [1.29, 1.82) is 0 Å². The van der Waals surface area contributed by atoms with Crippen LogP contribution in [0.5, 0.6) is 0 Å². The van der Waals surface area contributed by atoms with Crippen molar-refractivity contribution in [2.75, 3.05) is 0 Å². The number of aliphatic carboxylic acids is 1. The Hall–Kier alpha value is -2.36. The molecule has 1 aromatic carbocycles. The van der Waals surface area contributed by atoms with Crippen LogP contribution in [0.2, 0.25) is 0 Å². The van der Waals surface area contributed by atoms with Gasteiger partial charge in [-0.1, -0.05) is 30.3 Å². The Bertz CT molecular complexity index is 684. The van der Waals surface area contributed by atoms with Gasteiger partial charge in [-0.25, -0.2) is 0 Å². The number of Topliss-reactive ketones (excluding diaryl/α,β-unsaturated/α-hetero) is 1. The zero-order chi connectivity index (χ0) is 15.6. The number of carbonyl (C=O) groups is 2. The molecule has 110 valence electrons. The molecule has 2 aromatic rings. The predicted molar refractivity (Wildman–Crippen MR) is 80.7 cm³/mol. The van der Waals surface area contributed by atoms with Gasteiger partial charge in [0, 0.05) is 24.0 Å². The van der Waals surface area contributed by atoms with E-state index in [-0.39, 0.29) is 12.2 Å². The summed E-state index contributed by atoms with van der Waals surface area (Å²) in [5.41, 5.74) is 4.07. The first-order valence-corrected chi connectivity index (χ1v) is 6.85. The third-order valence-corrected chi connectivity index (χ3v) is 3.81. The number of benzene rings is 1. The van der Waals surface area contributed by atoms with E-state index >= 15 is 0 Å². The molecule has 0 aliphatic carbocycles. The standard InChI is InChI=1S/C17H19NO3/c1-11-17(12(2)19)14(9-13-7-5-4-6-8-13)15(18(11)3)10-16(20)21/h4-8H,9-10H2,1-3H3,(H,20,21). The molecule has 2 rings (SSSR count). The van der Waals surface area contributed by atoms with Crippen molar-refractivity contribution < 1.29 is 14.7 Å². The summed E-state index contributed by atoms with van der Waals surface area (Å²) in [7, 11) is 1.81. The van der Waals surface area contributed by atoms with E-state index in [4.69, 9.17) is 5.11 Å². The van der Waals surface area contributed by atoms with Crippen LogP contribution >= 0.6 is 0 Å². The van der Waals surface area contributed by atoms with Gasteiger partial charge in [-0.2, -0.15) is 0 Å². The Balaban J connectivity index is 2.57. The molecule has 0 unspecified atom stereocenters. The summed E-state index contributed by atoms with van der Waals surface area (Å²) in [4.78, 5) is 23.1. The molecule has 0 fully saturated rings. The summed E-state index contributed by atoms with van der Waals surface area (Å²) < 4.78 is 1.82. The second-order valence-corrected chi connectivity index (χ2v) is 5.23. The number of nitrogens with zero attached hydrogens (tertiary/aromatic N) is 1. The molecule has 1 heterocycles. The maximum Gasteiger partial charge on any atom is 0.309 e. The van der Waals surface area contributed by atoms with Crippen molar-refractivity contribution in [1.82, 2.24) is 4.57 Å². The molecule has 0 saturated heterocycles. The van der Waals surface area contributed by atoms with Gasteiger partial charge in [0.15, 0.2) is 5.78 Å². The number of hydrogen-bond donors (Lipinski definition) is 1. The van der Waals surface area contributed by atoms with Gasteiger partial charge in [0.1, 0.15) is 0 Å². The van der Waals surface area contributed by atoms with E-state index in [9.17, 15) is 9.59 Å². The molecule has 0 spiro atoms. The van der Waals surface area contributed by atoms with Crippen molar-refractivity contribution in [3.63, 3.8) is 0 Å². The van der Waals surface area contributed by atoms with E-state index in [0.717, 1.165) is 16.8 Å². The summed E-state index contributed by atoms with van der Waals surface area (Å²) in [6.45, 7) is 3.39. The summed E-state index contributed by atoms with van der Waals surface area (Å²) in [6.07, 6.45) is 0.493. The molecule has 0 amide bonds. The molecule has 0 aliphatic rings. The fraction of sp³-hybridized carbons (Fsp3) is 0.294. The average molecular weight is 285 g/mol. The lowest BCUT2D eigenvalue weighted by Gasteiger charge is -2.07. The minimum absolute atomic E-state index is 0.0225. The summed E-state index contributed by atoms with van der Waals surface area (Å²) in [6, 6.07) is 9.78. The first-order chi connectivity index (χ1) is 9.91. The van der Waals surface area contributed by atoms with E-state index in [0.29, 0.717) is 17.7 Å². The highest BCUT2D eigenvalue weighted by Gasteiger charge is 2.22. The Labute approximate surface area is 124 Å². The molecule has 0 atom stereocenters. The van der Waals surface area contributed by atoms with Crippen LogP contribution in [0.25, 0.3) is 0 Å². The number of carboxylic acids is 1. The normalized spacial score (nSPS) is 10.6. The molecule has 0 aliphatic heterocycles. The minimum Gasteiger partial charge on any atom is -0.481 e. The fourth-order valence-corrected chi connectivity index (χ4v) is 2.76. The second-order valence-electron chi connectivity index (χ2n) is 5.23. The van der Waals surface area contributed by atoms with Crippen LogP contribution in [-0.2, 0) is 24.7 Å². The molecule has 0 radical (unpaired) electrons.